The molecule has 0 unspecified atom stereocenters. The number of nitrogens with one attached hydrogen (secondary N) is 1. The van der Waals surface area contributed by atoms with E-state index < -0.39 is 15.8 Å². The molecule has 6 rings (SSSR count). The fourth-order valence-corrected chi connectivity index (χ4v) is 6.82. The number of aromatic nitrogens is 3. The fourth-order valence-electron chi connectivity index (χ4n) is 5.27. The number of methoxy groups -OCH3 is 1. The number of nitrogens with zero attached hydrogens (tertiary/aromatic N) is 3. The van der Waals surface area contributed by atoms with Gasteiger partial charge in [0.2, 0.25) is 5.95 Å². The molecule has 0 radical (unpaired) electrons. The molecule has 5 aromatic rings. The van der Waals surface area contributed by atoms with Gasteiger partial charge in [-0.05, 0) is 65.4 Å². The van der Waals surface area contributed by atoms with Crippen LogP contribution in [0.4, 0.5) is 16.0 Å². The van der Waals surface area contributed by atoms with Gasteiger partial charge in [0.25, 0.3) is 0 Å². The number of pyridine rings is 1. The van der Waals surface area contributed by atoms with Gasteiger partial charge < -0.3 is 10.1 Å². The Bertz CT molecular complexity index is 1950. The van der Waals surface area contributed by atoms with Crippen molar-refractivity contribution in [2.75, 3.05) is 18.2 Å². The quantitative estimate of drug-likeness (QED) is 0.244. The summed E-state index contributed by atoms with van der Waals surface area (Å²) < 4.78 is 46.1. The Labute approximate surface area is 243 Å². The Hall–Kier alpha value is -4.57. The van der Waals surface area contributed by atoms with E-state index in [9.17, 15) is 17.6 Å². The number of anilines is 2. The number of fused-ring (bicyclic) bond motifs is 2. The van der Waals surface area contributed by atoms with Gasteiger partial charge in [-0.25, -0.2) is 17.3 Å². The number of ether oxygens (including phenoxy) is 1. The Morgan fingerprint density at radius 1 is 1.07 bits per heavy atom. The zero-order valence-electron chi connectivity index (χ0n) is 23.4. The van der Waals surface area contributed by atoms with Gasteiger partial charge in [-0.1, -0.05) is 43.3 Å². The molecule has 0 spiro atoms. The minimum atomic E-state index is -3.28. The summed E-state index contributed by atoms with van der Waals surface area (Å²) in [6.07, 6.45) is 2.53. The van der Waals surface area contributed by atoms with E-state index in [1.165, 1.54) is 13.2 Å². The number of sulfone groups is 1. The highest BCUT2D eigenvalue weighted by Crippen LogP contribution is 2.36. The first-order valence-corrected chi connectivity index (χ1v) is 15.2. The molecular weight excluding hydrogens is 555 g/mol. The summed E-state index contributed by atoms with van der Waals surface area (Å²) in [5, 5.41) is 7.72. The Morgan fingerprint density at radius 3 is 2.57 bits per heavy atom. The van der Waals surface area contributed by atoms with Gasteiger partial charge in [0.05, 0.1) is 23.4 Å². The molecule has 0 bridgehead atoms. The number of Topliss-reactive ketones (excluding diaryl/α,β-unsaturated/α-hetero) is 1. The zero-order valence-corrected chi connectivity index (χ0v) is 24.2. The Kier molecular flexibility index (Phi) is 7.02. The summed E-state index contributed by atoms with van der Waals surface area (Å²) in [4.78, 5) is 17.7. The van der Waals surface area contributed by atoms with Gasteiger partial charge in [-0.15, -0.1) is 5.10 Å². The maximum Gasteiger partial charge on any atom is 0.247 e. The average molecular weight is 585 g/mol. The van der Waals surface area contributed by atoms with Gasteiger partial charge in [0.15, 0.2) is 15.5 Å². The third-order valence-electron chi connectivity index (χ3n) is 7.71. The summed E-state index contributed by atoms with van der Waals surface area (Å²) in [6, 6.07) is 19.8. The van der Waals surface area contributed by atoms with Crippen molar-refractivity contribution in [1.29, 1.82) is 0 Å². The molecule has 0 aliphatic carbocycles. The predicted octanol–water partition coefficient (Wildman–Crippen LogP) is 5.84. The molecule has 1 aliphatic heterocycles. The first-order valence-electron chi connectivity index (χ1n) is 13.6. The third kappa shape index (κ3) is 5.25. The standard InChI is InChI=1S/C32H29FN4O4S/c1-19-4-10-25(26(33)14-19)20(2)28(38)15-21-5-7-22(8-6-21)24-9-11-31-35-32(36-37(31)18-24)34-27-16-23-12-13-42(39,40)30(23)17-29(27)41-3/h4-11,14,16-18,20H,12-13,15H2,1-3H3,(H,34,36)/t20-/m1/s1. The van der Waals surface area contributed by atoms with Gasteiger partial charge in [0.1, 0.15) is 17.3 Å². The topological polar surface area (TPSA) is 103 Å². The second-order valence-corrected chi connectivity index (χ2v) is 12.7. The number of hydrogen-bond acceptors (Lipinski definition) is 7. The molecule has 1 aliphatic rings. The predicted molar refractivity (Wildman–Crippen MR) is 159 cm³/mol. The van der Waals surface area contributed by atoms with E-state index in [-0.39, 0.29) is 23.8 Å². The molecule has 0 saturated carbocycles. The number of carbonyl (C=O) groups excluding carboxylic acids is 1. The summed E-state index contributed by atoms with van der Waals surface area (Å²) in [5.41, 5.74) is 5.91. The Morgan fingerprint density at radius 2 is 1.83 bits per heavy atom. The van der Waals surface area contributed by atoms with E-state index in [1.807, 2.05) is 55.6 Å². The zero-order chi connectivity index (χ0) is 29.6. The van der Waals surface area contributed by atoms with Crippen LogP contribution < -0.4 is 10.1 Å². The number of carbonyl (C=O) groups is 1. The van der Waals surface area contributed by atoms with E-state index in [0.29, 0.717) is 39.9 Å². The lowest BCUT2D eigenvalue weighted by atomic mass is 9.91. The summed E-state index contributed by atoms with van der Waals surface area (Å²) >= 11 is 0. The molecular formula is C32H29FN4O4S. The first kappa shape index (κ1) is 27.6. The highest BCUT2D eigenvalue weighted by molar-refractivity contribution is 7.91. The minimum absolute atomic E-state index is 0.0452. The van der Waals surface area contributed by atoms with Crippen LogP contribution in [-0.2, 0) is 27.5 Å². The second-order valence-electron chi connectivity index (χ2n) is 10.6. The lowest BCUT2D eigenvalue weighted by molar-refractivity contribution is -0.119. The van der Waals surface area contributed by atoms with Crippen molar-refractivity contribution >= 4 is 32.9 Å². The van der Waals surface area contributed by atoms with Crippen LogP contribution in [0.15, 0.2) is 77.8 Å². The van der Waals surface area contributed by atoms with Crippen LogP contribution in [-0.4, -0.2) is 41.7 Å². The summed E-state index contributed by atoms with van der Waals surface area (Å²) in [7, 11) is -1.79. The molecule has 0 saturated heterocycles. The SMILES string of the molecule is COc1cc2c(cc1Nc1nc3ccc(-c4ccc(CC(=O)[C@H](C)c5ccc(C)cc5F)cc4)cn3n1)CCS2(=O)=O. The number of benzene rings is 3. The molecule has 1 atom stereocenters. The van der Waals surface area contributed by atoms with Crippen molar-refractivity contribution in [1.82, 2.24) is 14.6 Å². The normalized spacial score (nSPS) is 14.5. The van der Waals surface area contributed by atoms with Crippen LogP contribution in [0.2, 0.25) is 0 Å². The second kappa shape index (κ2) is 10.7. The molecule has 3 aromatic carbocycles. The number of halogens is 1. The highest BCUT2D eigenvalue weighted by atomic mass is 32.2. The van der Waals surface area contributed by atoms with E-state index in [0.717, 1.165) is 27.8 Å². The average Bonchev–Trinajstić information content (AvgIpc) is 3.50. The Balaban J connectivity index is 1.18. The van der Waals surface area contributed by atoms with Crippen LogP contribution in [0.25, 0.3) is 16.8 Å². The van der Waals surface area contributed by atoms with Crippen molar-refractivity contribution in [2.45, 2.75) is 37.5 Å². The molecule has 2 aromatic heterocycles. The molecule has 0 amide bonds. The summed E-state index contributed by atoms with van der Waals surface area (Å²) in [6.45, 7) is 3.56. The summed E-state index contributed by atoms with van der Waals surface area (Å²) in [5.74, 6) is -0.0950. The van der Waals surface area contributed by atoms with E-state index in [4.69, 9.17) is 4.74 Å². The van der Waals surface area contributed by atoms with Crippen LogP contribution in [0.3, 0.4) is 0 Å². The van der Waals surface area contributed by atoms with Gasteiger partial charge in [-0.3, -0.25) is 4.79 Å². The van der Waals surface area contributed by atoms with Gasteiger partial charge in [0, 0.05) is 30.2 Å². The maximum atomic E-state index is 14.4. The van der Waals surface area contributed by atoms with Crippen LogP contribution in [0.5, 0.6) is 5.75 Å². The fraction of sp³-hybridized carbons (Fsp3) is 0.219. The van der Waals surface area contributed by atoms with Crippen LogP contribution >= 0.6 is 0 Å². The lowest BCUT2D eigenvalue weighted by Crippen LogP contribution is -2.13. The maximum absolute atomic E-state index is 14.4. The molecule has 3 heterocycles. The molecule has 42 heavy (non-hydrogen) atoms. The number of rotatable bonds is 8. The molecule has 1 N–H and O–H groups in total. The number of hydrogen-bond donors (Lipinski definition) is 1. The van der Waals surface area contributed by atoms with Gasteiger partial charge >= 0.3 is 0 Å². The van der Waals surface area contributed by atoms with E-state index in [2.05, 4.69) is 15.4 Å². The van der Waals surface area contributed by atoms with Crippen molar-refractivity contribution < 1.29 is 22.3 Å². The minimum Gasteiger partial charge on any atom is -0.495 e. The number of ketones is 1. The van der Waals surface area contributed by atoms with E-state index in [1.54, 1.807) is 29.6 Å². The lowest BCUT2D eigenvalue weighted by Gasteiger charge is -2.13. The highest BCUT2D eigenvalue weighted by Gasteiger charge is 2.28. The molecule has 8 nitrogen and oxygen atoms in total. The monoisotopic (exact) mass is 584 g/mol. The molecule has 10 heteroatoms. The van der Waals surface area contributed by atoms with Crippen molar-refractivity contribution in [3.63, 3.8) is 0 Å². The third-order valence-corrected chi connectivity index (χ3v) is 9.50. The molecule has 0 fully saturated rings. The van der Waals surface area contributed by atoms with Crippen molar-refractivity contribution in [3.8, 4) is 16.9 Å². The smallest absolute Gasteiger partial charge is 0.247 e. The largest absolute Gasteiger partial charge is 0.495 e. The van der Waals surface area contributed by atoms with Crippen LogP contribution in [0, 0.1) is 12.7 Å². The van der Waals surface area contributed by atoms with E-state index >= 15 is 0 Å². The van der Waals surface area contributed by atoms with Crippen LogP contribution in [0.1, 0.15) is 35.1 Å². The molecule has 214 valence electrons. The number of aryl methyl sites for hydroxylation is 2. The van der Waals surface area contributed by atoms with Crippen molar-refractivity contribution in [2.24, 2.45) is 0 Å². The van der Waals surface area contributed by atoms with Crippen molar-refractivity contribution in [3.05, 3.63) is 101 Å². The van der Waals surface area contributed by atoms with Gasteiger partial charge in [-0.2, -0.15) is 4.98 Å². The first-order chi connectivity index (χ1) is 20.1.